The number of ketones is 1. The van der Waals surface area contributed by atoms with Gasteiger partial charge in [0.05, 0.1) is 0 Å². The predicted octanol–water partition coefficient (Wildman–Crippen LogP) is 2.55. The lowest BCUT2D eigenvalue weighted by atomic mass is 10.1. The molecule has 2 aromatic carbocycles. The first-order valence-electron chi connectivity index (χ1n) is 9.96. The second kappa shape index (κ2) is 9.91. The maximum Gasteiger partial charge on any atom is 0.344 e. The van der Waals surface area contributed by atoms with Crippen LogP contribution in [0.1, 0.15) is 24.2 Å². The normalized spacial score (nSPS) is 14.7. The van der Waals surface area contributed by atoms with Crippen LogP contribution < -0.4 is 9.64 Å². The number of hydrogen-bond donors (Lipinski definition) is 0. The summed E-state index contributed by atoms with van der Waals surface area (Å²) in [5, 5.41) is 0. The molecule has 1 atom stereocenters. The highest BCUT2D eigenvalue weighted by Crippen LogP contribution is 2.17. The lowest BCUT2D eigenvalue weighted by molar-refractivity contribution is -0.160. The van der Waals surface area contributed by atoms with Gasteiger partial charge in [0.25, 0.3) is 5.91 Å². The lowest BCUT2D eigenvalue weighted by Gasteiger charge is -2.37. The van der Waals surface area contributed by atoms with Crippen LogP contribution in [0.2, 0.25) is 0 Å². The molecule has 0 aliphatic carbocycles. The average Bonchev–Trinajstić information content (AvgIpc) is 2.78. The molecular weight excluding hydrogens is 384 g/mol. The first kappa shape index (κ1) is 21.4. The Kier molecular flexibility index (Phi) is 7.06. The van der Waals surface area contributed by atoms with Crippen molar-refractivity contribution in [3.05, 3.63) is 60.2 Å². The Morgan fingerprint density at radius 1 is 0.967 bits per heavy atom. The predicted molar refractivity (Wildman–Crippen MR) is 113 cm³/mol. The van der Waals surface area contributed by atoms with E-state index in [-0.39, 0.29) is 18.3 Å². The van der Waals surface area contributed by atoms with E-state index < -0.39 is 12.1 Å². The molecule has 30 heavy (non-hydrogen) atoms. The van der Waals surface area contributed by atoms with Crippen molar-refractivity contribution >= 4 is 23.3 Å². The highest BCUT2D eigenvalue weighted by atomic mass is 16.6. The summed E-state index contributed by atoms with van der Waals surface area (Å²) in [7, 11) is 0. The molecule has 1 fully saturated rings. The molecule has 7 nitrogen and oxygen atoms in total. The molecule has 0 saturated carbocycles. The SMILES string of the molecule is CC(=O)c1cccc(OCC(=O)O[C@@H](C)C(=O)N2CCN(c3ccccc3)CC2)c1. The van der Waals surface area contributed by atoms with Gasteiger partial charge in [-0.2, -0.15) is 0 Å². The van der Waals surface area contributed by atoms with Crippen molar-refractivity contribution in [2.75, 3.05) is 37.7 Å². The Hall–Kier alpha value is -3.35. The molecule has 0 spiro atoms. The number of nitrogens with zero attached hydrogens (tertiary/aromatic N) is 2. The zero-order valence-corrected chi connectivity index (χ0v) is 17.2. The molecule has 3 rings (SSSR count). The summed E-state index contributed by atoms with van der Waals surface area (Å²) in [6.07, 6.45) is -0.882. The fourth-order valence-corrected chi connectivity index (χ4v) is 3.31. The van der Waals surface area contributed by atoms with Crippen LogP contribution in [0.3, 0.4) is 0 Å². The first-order valence-corrected chi connectivity index (χ1v) is 9.96. The van der Waals surface area contributed by atoms with Gasteiger partial charge in [-0.15, -0.1) is 0 Å². The van der Waals surface area contributed by atoms with Crippen LogP contribution in [0, 0.1) is 0 Å². The average molecular weight is 410 g/mol. The summed E-state index contributed by atoms with van der Waals surface area (Å²) in [6.45, 7) is 5.30. The Bertz CT molecular complexity index is 891. The third-order valence-electron chi connectivity index (χ3n) is 4.97. The standard InChI is InChI=1S/C23H26N2O5/c1-17(26)19-7-6-10-21(15-19)29-16-22(27)30-18(2)23(28)25-13-11-24(12-14-25)20-8-4-3-5-9-20/h3-10,15,18H,11-14,16H2,1-2H3/t18-/m0/s1. The number of piperazine rings is 1. The topological polar surface area (TPSA) is 76.2 Å². The molecule has 1 aliphatic heterocycles. The number of benzene rings is 2. The minimum Gasteiger partial charge on any atom is -0.482 e. The van der Waals surface area contributed by atoms with Crippen molar-refractivity contribution < 1.29 is 23.9 Å². The zero-order valence-electron chi connectivity index (χ0n) is 17.2. The third kappa shape index (κ3) is 5.59. The molecule has 1 saturated heterocycles. The van der Waals surface area contributed by atoms with Crippen LogP contribution in [0.25, 0.3) is 0 Å². The van der Waals surface area contributed by atoms with Gasteiger partial charge in [0.2, 0.25) is 0 Å². The number of carbonyl (C=O) groups is 3. The highest BCUT2D eigenvalue weighted by Gasteiger charge is 2.27. The third-order valence-corrected chi connectivity index (χ3v) is 4.97. The van der Waals surface area contributed by atoms with Crippen molar-refractivity contribution in [1.29, 1.82) is 0 Å². The largest absolute Gasteiger partial charge is 0.482 e. The van der Waals surface area contributed by atoms with E-state index in [9.17, 15) is 14.4 Å². The lowest BCUT2D eigenvalue weighted by Crippen LogP contribution is -2.51. The maximum atomic E-state index is 12.6. The number of para-hydroxylation sites is 1. The maximum absolute atomic E-state index is 12.6. The van der Waals surface area contributed by atoms with Gasteiger partial charge in [0.1, 0.15) is 5.75 Å². The first-order chi connectivity index (χ1) is 14.4. The highest BCUT2D eigenvalue weighted by molar-refractivity contribution is 5.94. The molecule has 1 amide bonds. The summed E-state index contributed by atoms with van der Waals surface area (Å²) < 4.78 is 10.6. The molecule has 1 heterocycles. The number of rotatable bonds is 7. The van der Waals surface area contributed by atoms with Gasteiger partial charge < -0.3 is 19.3 Å². The second-order valence-corrected chi connectivity index (χ2v) is 7.15. The van der Waals surface area contributed by atoms with Gasteiger partial charge >= 0.3 is 5.97 Å². The van der Waals surface area contributed by atoms with Gasteiger partial charge in [-0.05, 0) is 38.1 Å². The Balaban J connectivity index is 1.44. The molecule has 0 radical (unpaired) electrons. The summed E-state index contributed by atoms with van der Waals surface area (Å²) in [5.74, 6) is -0.535. The quantitative estimate of drug-likeness (QED) is 0.516. The van der Waals surface area contributed by atoms with Crippen LogP contribution in [0.5, 0.6) is 5.75 Å². The number of esters is 1. The zero-order chi connectivity index (χ0) is 21.5. The molecule has 0 unspecified atom stereocenters. The fraction of sp³-hybridized carbons (Fsp3) is 0.348. The van der Waals surface area contributed by atoms with E-state index in [1.807, 2.05) is 30.3 Å². The van der Waals surface area contributed by atoms with E-state index in [1.54, 1.807) is 36.1 Å². The van der Waals surface area contributed by atoms with Gasteiger partial charge in [0.15, 0.2) is 18.5 Å². The Morgan fingerprint density at radius 3 is 2.33 bits per heavy atom. The monoisotopic (exact) mass is 410 g/mol. The van der Waals surface area contributed by atoms with E-state index in [1.165, 1.54) is 6.92 Å². The van der Waals surface area contributed by atoms with Crippen LogP contribution >= 0.6 is 0 Å². The van der Waals surface area contributed by atoms with E-state index >= 15 is 0 Å². The van der Waals surface area contributed by atoms with Crippen molar-refractivity contribution in [1.82, 2.24) is 4.90 Å². The van der Waals surface area contributed by atoms with E-state index in [0.29, 0.717) is 24.4 Å². The summed E-state index contributed by atoms with van der Waals surface area (Å²) in [5.41, 5.74) is 1.63. The summed E-state index contributed by atoms with van der Waals surface area (Å²) in [4.78, 5) is 40.1. The minimum atomic E-state index is -0.882. The molecule has 2 aromatic rings. The molecule has 0 bridgehead atoms. The number of ether oxygens (including phenoxy) is 2. The van der Waals surface area contributed by atoms with Crippen molar-refractivity contribution in [2.45, 2.75) is 20.0 Å². The number of carbonyl (C=O) groups excluding carboxylic acids is 3. The fourth-order valence-electron chi connectivity index (χ4n) is 3.31. The molecular formula is C23H26N2O5. The number of anilines is 1. The molecule has 7 heteroatoms. The van der Waals surface area contributed by atoms with Crippen LogP contribution in [-0.2, 0) is 14.3 Å². The Labute approximate surface area is 176 Å². The van der Waals surface area contributed by atoms with Crippen LogP contribution in [-0.4, -0.2) is 61.4 Å². The molecule has 158 valence electrons. The number of Topliss-reactive ketones (excluding diaryl/α,β-unsaturated/α-hetero) is 1. The smallest absolute Gasteiger partial charge is 0.344 e. The van der Waals surface area contributed by atoms with Crippen molar-refractivity contribution in [3.8, 4) is 5.75 Å². The molecule has 0 N–H and O–H groups in total. The van der Waals surface area contributed by atoms with Gasteiger partial charge in [-0.25, -0.2) is 4.79 Å². The van der Waals surface area contributed by atoms with Gasteiger partial charge in [-0.1, -0.05) is 30.3 Å². The van der Waals surface area contributed by atoms with Crippen molar-refractivity contribution in [3.63, 3.8) is 0 Å². The number of amides is 1. The number of hydrogen-bond acceptors (Lipinski definition) is 6. The summed E-state index contributed by atoms with van der Waals surface area (Å²) >= 11 is 0. The Morgan fingerprint density at radius 2 is 1.67 bits per heavy atom. The van der Waals surface area contributed by atoms with E-state index in [2.05, 4.69) is 4.90 Å². The van der Waals surface area contributed by atoms with E-state index in [4.69, 9.17) is 9.47 Å². The van der Waals surface area contributed by atoms with E-state index in [0.717, 1.165) is 18.8 Å². The summed E-state index contributed by atoms with van der Waals surface area (Å²) in [6, 6.07) is 16.6. The van der Waals surface area contributed by atoms with Crippen LogP contribution in [0.4, 0.5) is 5.69 Å². The van der Waals surface area contributed by atoms with Crippen molar-refractivity contribution in [2.24, 2.45) is 0 Å². The second-order valence-electron chi connectivity index (χ2n) is 7.15. The van der Waals surface area contributed by atoms with Gasteiger partial charge in [-0.3, -0.25) is 9.59 Å². The minimum absolute atomic E-state index is 0.0883. The molecule has 0 aromatic heterocycles. The van der Waals surface area contributed by atoms with Gasteiger partial charge in [0, 0.05) is 37.4 Å². The molecule has 1 aliphatic rings. The van der Waals surface area contributed by atoms with Crippen LogP contribution in [0.15, 0.2) is 54.6 Å².